The molecule has 1 aliphatic rings. The fraction of sp³-hybridized carbons (Fsp3) is 0.214. The number of amides is 3. The van der Waals surface area contributed by atoms with Crippen LogP contribution in [0, 0.1) is 6.92 Å². The maximum Gasteiger partial charge on any atom is 0.308 e. The zero-order chi connectivity index (χ0) is 28.3. The van der Waals surface area contributed by atoms with Crippen molar-refractivity contribution < 1.29 is 32.3 Å². The molecular weight excluding hydrogens is 522 g/mol. The number of nitrogens with two attached hydrogens (primary N) is 1. The average molecular weight is 550 g/mol. The molecule has 3 amide bonds. The van der Waals surface area contributed by atoms with E-state index in [0.717, 1.165) is 16.0 Å². The lowest BCUT2D eigenvalue weighted by Crippen LogP contribution is -2.46. The molecule has 4 rings (SSSR count). The Kier molecular flexibility index (Phi) is 7.93. The van der Waals surface area contributed by atoms with Crippen LogP contribution in [0.2, 0.25) is 0 Å². The highest BCUT2D eigenvalue weighted by atomic mass is 32.2. The third-order valence-electron chi connectivity index (χ3n) is 6.31. The number of nitrogens with zero attached hydrogens (tertiary/aromatic N) is 2. The number of rotatable bonds is 8. The van der Waals surface area contributed by atoms with E-state index in [-0.39, 0.29) is 23.6 Å². The fourth-order valence-electron chi connectivity index (χ4n) is 4.32. The van der Waals surface area contributed by atoms with Gasteiger partial charge in [-0.15, -0.1) is 0 Å². The molecule has 0 saturated carbocycles. The number of benzene rings is 3. The maximum absolute atomic E-state index is 13.6. The van der Waals surface area contributed by atoms with Crippen LogP contribution in [-0.4, -0.2) is 49.6 Å². The molecule has 2 N–H and O–H groups in total. The van der Waals surface area contributed by atoms with Gasteiger partial charge in [0.25, 0.3) is 11.8 Å². The summed E-state index contributed by atoms with van der Waals surface area (Å²) in [5, 5.41) is 5.17. The summed E-state index contributed by atoms with van der Waals surface area (Å²) in [6.07, 6.45) is 0.101. The van der Waals surface area contributed by atoms with E-state index in [0.29, 0.717) is 17.7 Å². The smallest absolute Gasteiger partial charge is 0.308 e. The number of aryl methyl sites for hydroxylation is 1. The van der Waals surface area contributed by atoms with Crippen LogP contribution >= 0.6 is 0 Å². The van der Waals surface area contributed by atoms with E-state index in [1.165, 1.54) is 48.2 Å². The standard InChI is InChI=1S/C28H27N3O7S/c1-18-3-7-21(8-4-18)27(34)30(16-15-20-5-13-24(14-6-20)39(29,36)37)25-17-26(33)31(28(25)35)22-9-11-23(12-10-22)38-19(2)32/h3-14,25H,15-17H2,1-2H3,(H2,29,36,37). The van der Waals surface area contributed by atoms with Crippen molar-refractivity contribution in [2.75, 3.05) is 11.4 Å². The number of hydrogen-bond donors (Lipinski definition) is 1. The van der Waals surface area contributed by atoms with Crippen molar-refractivity contribution >= 4 is 39.4 Å². The van der Waals surface area contributed by atoms with Crippen molar-refractivity contribution in [2.24, 2.45) is 5.14 Å². The molecule has 0 radical (unpaired) electrons. The molecule has 11 heteroatoms. The van der Waals surface area contributed by atoms with E-state index in [1.54, 1.807) is 36.4 Å². The highest BCUT2D eigenvalue weighted by molar-refractivity contribution is 7.89. The van der Waals surface area contributed by atoms with Crippen LogP contribution in [0.5, 0.6) is 5.75 Å². The van der Waals surface area contributed by atoms with Crippen molar-refractivity contribution in [2.45, 2.75) is 37.6 Å². The number of primary sulfonamides is 1. The number of hydrogen-bond acceptors (Lipinski definition) is 7. The van der Waals surface area contributed by atoms with Crippen LogP contribution in [0.15, 0.2) is 77.7 Å². The Hall–Kier alpha value is -4.35. The Morgan fingerprint density at radius 1 is 0.974 bits per heavy atom. The molecule has 3 aromatic carbocycles. The van der Waals surface area contributed by atoms with E-state index < -0.39 is 39.8 Å². The van der Waals surface area contributed by atoms with E-state index >= 15 is 0 Å². The Morgan fingerprint density at radius 2 is 1.59 bits per heavy atom. The molecule has 0 aromatic heterocycles. The van der Waals surface area contributed by atoms with Crippen molar-refractivity contribution in [3.8, 4) is 5.75 Å². The third kappa shape index (κ3) is 6.39. The molecule has 1 fully saturated rings. The van der Waals surface area contributed by atoms with E-state index in [9.17, 15) is 27.6 Å². The van der Waals surface area contributed by atoms with Gasteiger partial charge in [0.05, 0.1) is 17.0 Å². The largest absolute Gasteiger partial charge is 0.427 e. The van der Waals surface area contributed by atoms with Crippen LogP contribution in [0.4, 0.5) is 5.69 Å². The number of carbonyl (C=O) groups excluding carboxylic acids is 4. The van der Waals surface area contributed by atoms with Gasteiger partial charge in [-0.05, 0) is 67.4 Å². The number of carbonyl (C=O) groups is 4. The number of anilines is 1. The Morgan fingerprint density at radius 3 is 2.15 bits per heavy atom. The minimum absolute atomic E-state index is 0.0363. The summed E-state index contributed by atoms with van der Waals surface area (Å²) in [6.45, 7) is 3.26. The second-order valence-corrected chi connectivity index (χ2v) is 10.7. The minimum Gasteiger partial charge on any atom is -0.427 e. The van der Waals surface area contributed by atoms with Crippen LogP contribution in [0.25, 0.3) is 0 Å². The molecule has 1 unspecified atom stereocenters. The van der Waals surface area contributed by atoms with Gasteiger partial charge in [-0.25, -0.2) is 18.5 Å². The summed E-state index contributed by atoms with van der Waals surface area (Å²) >= 11 is 0. The number of esters is 1. The lowest BCUT2D eigenvalue weighted by Gasteiger charge is -2.28. The lowest BCUT2D eigenvalue weighted by molar-refractivity contribution is -0.132. The van der Waals surface area contributed by atoms with Gasteiger partial charge in [-0.3, -0.25) is 19.2 Å². The van der Waals surface area contributed by atoms with Gasteiger partial charge in [-0.1, -0.05) is 29.8 Å². The van der Waals surface area contributed by atoms with E-state index in [4.69, 9.17) is 9.88 Å². The number of sulfonamides is 1. The normalized spacial score (nSPS) is 15.4. The molecule has 3 aromatic rings. The monoisotopic (exact) mass is 549 g/mol. The molecule has 39 heavy (non-hydrogen) atoms. The summed E-state index contributed by atoms with van der Waals surface area (Å²) in [4.78, 5) is 53.7. The van der Waals surface area contributed by atoms with Crippen LogP contribution in [0.1, 0.15) is 34.8 Å². The number of imide groups is 1. The average Bonchev–Trinajstić information content (AvgIpc) is 3.18. The predicted octanol–water partition coefficient (Wildman–Crippen LogP) is 2.58. The summed E-state index contributed by atoms with van der Waals surface area (Å²) in [6, 6.07) is 17.7. The van der Waals surface area contributed by atoms with Gasteiger partial charge < -0.3 is 9.64 Å². The fourth-order valence-corrected chi connectivity index (χ4v) is 4.83. The summed E-state index contributed by atoms with van der Waals surface area (Å²) in [7, 11) is -3.85. The molecule has 0 aliphatic carbocycles. The molecule has 202 valence electrons. The molecular formula is C28H27N3O7S. The molecule has 1 atom stereocenters. The molecule has 10 nitrogen and oxygen atoms in total. The van der Waals surface area contributed by atoms with Gasteiger partial charge in [0, 0.05) is 19.0 Å². The second-order valence-electron chi connectivity index (χ2n) is 9.18. The van der Waals surface area contributed by atoms with Crippen molar-refractivity contribution in [3.05, 3.63) is 89.5 Å². The minimum atomic E-state index is -3.85. The first-order valence-electron chi connectivity index (χ1n) is 12.1. The zero-order valence-corrected chi connectivity index (χ0v) is 22.2. The quantitative estimate of drug-likeness (QED) is 0.258. The van der Waals surface area contributed by atoms with Gasteiger partial charge in [-0.2, -0.15) is 0 Å². The van der Waals surface area contributed by atoms with Crippen molar-refractivity contribution in [1.29, 1.82) is 0 Å². The molecule has 0 bridgehead atoms. The van der Waals surface area contributed by atoms with Crippen molar-refractivity contribution in [3.63, 3.8) is 0 Å². The van der Waals surface area contributed by atoms with Gasteiger partial charge >= 0.3 is 5.97 Å². The van der Waals surface area contributed by atoms with Crippen LogP contribution in [0.3, 0.4) is 0 Å². The van der Waals surface area contributed by atoms with Crippen LogP contribution in [-0.2, 0) is 30.8 Å². The Balaban J connectivity index is 1.60. The van der Waals surface area contributed by atoms with E-state index in [2.05, 4.69) is 0 Å². The molecule has 1 heterocycles. The summed E-state index contributed by atoms with van der Waals surface area (Å²) < 4.78 is 28.1. The Labute approximate surface area is 226 Å². The SMILES string of the molecule is CC(=O)Oc1ccc(N2C(=O)CC(N(CCc3ccc(S(N)(=O)=O)cc3)C(=O)c3ccc(C)cc3)C2=O)cc1. The topological polar surface area (TPSA) is 144 Å². The summed E-state index contributed by atoms with van der Waals surface area (Å²) in [5.74, 6) is -1.66. The zero-order valence-electron chi connectivity index (χ0n) is 21.4. The number of ether oxygens (including phenoxy) is 1. The Bertz CT molecular complexity index is 1520. The highest BCUT2D eigenvalue weighted by Gasteiger charge is 2.44. The van der Waals surface area contributed by atoms with Crippen molar-refractivity contribution in [1.82, 2.24) is 4.90 Å². The third-order valence-corrected chi connectivity index (χ3v) is 7.24. The predicted molar refractivity (Wildman–Crippen MR) is 142 cm³/mol. The van der Waals surface area contributed by atoms with E-state index in [1.807, 2.05) is 6.92 Å². The first-order chi connectivity index (χ1) is 18.4. The maximum atomic E-state index is 13.6. The first kappa shape index (κ1) is 27.7. The lowest BCUT2D eigenvalue weighted by atomic mass is 10.1. The van der Waals surface area contributed by atoms with Gasteiger partial charge in [0.2, 0.25) is 15.9 Å². The molecule has 0 spiro atoms. The molecule has 1 saturated heterocycles. The van der Waals surface area contributed by atoms with Gasteiger partial charge in [0.15, 0.2) is 0 Å². The summed E-state index contributed by atoms with van der Waals surface area (Å²) in [5.41, 5.74) is 2.35. The van der Waals surface area contributed by atoms with Crippen LogP contribution < -0.4 is 14.8 Å². The molecule has 1 aliphatic heterocycles. The second kappa shape index (κ2) is 11.2. The highest BCUT2D eigenvalue weighted by Crippen LogP contribution is 2.28. The van der Waals surface area contributed by atoms with Gasteiger partial charge in [0.1, 0.15) is 11.8 Å². The first-order valence-corrected chi connectivity index (χ1v) is 13.6.